The van der Waals surface area contributed by atoms with E-state index in [1.165, 1.54) is 12.1 Å². The minimum atomic E-state index is -4.67. The standard InChI is InChI=1S/C22H18F3N3O2/c23-22(24,25)18-13-17(28-21(30)15-7-3-1-4-8-15)11-12-19(18)26-14-20(29)27-16-9-5-2-6-10-16/h1-13,26H,14H2,(H,27,29)(H,28,30). The summed E-state index contributed by atoms with van der Waals surface area (Å²) in [4.78, 5) is 24.2. The van der Waals surface area contributed by atoms with Gasteiger partial charge in [0.05, 0.1) is 12.1 Å². The molecule has 0 fully saturated rings. The summed E-state index contributed by atoms with van der Waals surface area (Å²) in [6.45, 7) is -0.353. The highest BCUT2D eigenvalue weighted by atomic mass is 19.4. The molecule has 0 saturated heterocycles. The summed E-state index contributed by atoms with van der Waals surface area (Å²) < 4.78 is 40.5. The van der Waals surface area contributed by atoms with Gasteiger partial charge < -0.3 is 16.0 Å². The Labute approximate surface area is 170 Å². The van der Waals surface area contributed by atoms with Crippen molar-refractivity contribution in [1.29, 1.82) is 0 Å². The van der Waals surface area contributed by atoms with Gasteiger partial charge in [-0.1, -0.05) is 36.4 Å². The van der Waals surface area contributed by atoms with Crippen LogP contribution in [-0.4, -0.2) is 18.4 Å². The van der Waals surface area contributed by atoms with Gasteiger partial charge in [0.25, 0.3) is 5.91 Å². The van der Waals surface area contributed by atoms with Crippen LogP contribution < -0.4 is 16.0 Å². The number of anilines is 3. The fraction of sp³-hybridized carbons (Fsp3) is 0.0909. The molecule has 0 unspecified atom stereocenters. The summed E-state index contributed by atoms with van der Waals surface area (Å²) in [5.74, 6) is -1.01. The van der Waals surface area contributed by atoms with Crippen molar-refractivity contribution in [2.45, 2.75) is 6.18 Å². The summed E-state index contributed by atoms with van der Waals surface area (Å²) >= 11 is 0. The average molecular weight is 413 g/mol. The maximum atomic E-state index is 13.5. The van der Waals surface area contributed by atoms with E-state index in [1.807, 2.05) is 0 Å². The van der Waals surface area contributed by atoms with Crippen LogP contribution in [0, 0.1) is 0 Å². The van der Waals surface area contributed by atoms with E-state index in [0.717, 1.165) is 6.07 Å². The minimum absolute atomic E-state index is 0.00420. The Morgan fingerprint density at radius 1 is 0.767 bits per heavy atom. The highest BCUT2D eigenvalue weighted by Gasteiger charge is 2.34. The number of rotatable bonds is 6. The van der Waals surface area contributed by atoms with Crippen molar-refractivity contribution >= 4 is 28.9 Å². The molecule has 2 amide bonds. The first-order valence-electron chi connectivity index (χ1n) is 8.99. The van der Waals surface area contributed by atoms with Gasteiger partial charge in [-0.25, -0.2) is 0 Å². The summed E-state index contributed by atoms with van der Waals surface area (Å²) in [7, 11) is 0. The van der Waals surface area contributed by atoms with Crippen molar-refractivity contribution in [2.75, 3.05) is 22.5 Å². The third-order valence-electron chi connectivity index (χ3n) is 4.12. The van der Waals surface area contributed by atoms with Crippen LogP contribution in [0.15, 0.2) is 78.9 Å². The Kier molecular flexibility index (Phi) is 6.36. The number of hydrogen-bond donors (Lipinski definition) is 3. The average Bonchev–Trinajstić information content (AvgIpc) is 2.73. The lowest BCUT2D eigenvalue weighted by Crippen LogP contribution is -2.23. The molecule has 0 aliphatic heterocycles. The fourth-order valence-electron chi connectivity index (χ4n) is 2.71. The van der Waals surface area contributed by atoms with Gasteiger partial charge in [-0.3, -0.25) is 9.59 Å². The fourth-order valence-corrected chi connectivity index (χ4v) is 2.71. The van der Waals surface area contributed by atoms with E-state index in [1.54, 1.807) is 60.7 Å². The molecule has 0 aliphatic rings. The van der Waals surface area contributed by atoms with Gasteiger partial charge in [0.1, 0.15) is 0 Å². The number of alkyl halides is 3. The largest absolute Gasteiger partial charge is 0.418 e. The van der Waals surface area contributed by atoms with Crippen molar-refractivity contribution in [2.24, 2.45) is 0 Å². The molecule has 0 heterocycles. The van der Waals surface area contributed by atoms with Crippen LogP contribution >= 0.6 is 0 Å². The second-order valence-corrected chi connectivity index (χ2v) is 6.35. The van der Waals surface area contributed by atoms with Crippen LogP contribution in [0.1, 0.15) is 15.9 Å². The zero-order chi connectivity index (χ0) is 21.6. The summed E-state index contributed by atoms with van der Waals surface area (Å²) in [5.41, 5.74) is -0.384. The molecule has 0 radical (unpaired) electrons. The molecule has 5 nitrogen and oxygen atoms in total. The van der Waals surface area contributed by atoms with E-state index in [4.69, 9.17) is 0 Å². The molecule has 0 atom stereocenters. The number of para-hydroxylation sites is 1. The zero-order valence-electron chi connectivity index (χ0n) is 15.7. The molecule has 3 rings (SSSR count). The van der Waals surface area contributed by atoms with Crippen LogP contribution in [0.2, 0.25) is 0 Å². The molecule has 8 heteroatoms. The van der Waals surface area contributed by atoms with Gasteiger partial charge in [-0.2, -0.15) is 13.2 Å². The van der Waals surface area contributed by atoms with E-state index >= 15 is 0 Å². The quantitative estimate of drug-likeness (QED) is 0.532. The normalized spacial score (nSPS) is 10.9. The van der Waals surface area contributed by atoms with Crippen molar-refractivity contribution in [3.63, 3.8) is 0 Å². The van der Waals surface area contributed by atoms with Crippen molar-refractivity contribution in [1.82, 2.24) is 0 Å². The zero-order valence-corrected chi connectivity index (χ0v) is 15.7. The predicted octanol–water partition coefficient (Wildman–Crippen LogP) is 5.01. The second-order valence-electron chi connectivity index (χ2n) is 6.35. The molecule has 30 heavy (non-hydrogen) atoms. The summed E-state index contributed by atoms with van der Waals surface area (Å²) in [6.07, 6.45) is -4.67. The molecule has 3 aromatic rings. The monoisotopic (exact) mass is 413 g/mol. The minimum Gasteiger partial charge on any atom is -0.376 e. The lowest BCUT2D eigenvalue weighted by Gasteiger charge is -2.16. The number of halogens is 3. The van der Waals surface area contributed by atoms with Crippen LogP contribution in [0.4, 0.5) is 30.2 Å². The Morgan fingerprint density at radius 3 is 2.03 bits per heavy atom. The van der Waals surface area contributed by atoms with Gasteiger partial charge in [-0.15, -0.1) is 0 Å². The van der Waals surface area contributed by atoms with E-state index in [0.29, 0.717) is 11.3 Å². The lowest BCUT2D eigenvalue weighted by molar-refractivity contribution is -0.137. The first-order chi connectivity index (χ1) is 14.3. The highest BCUT2D eigenvalue weighted by molar-refractivity contribution is 6.04. The Balaban J connectivity index is 1.71. The molecule has 154 valence electrons. The highest BCUT2D eigenvalue weighted by Crippen LogP contribution is 2.36. The van der Waals surface area contributed by atoms with Crippen LogP contribution in [-0.2, 0) is 11.0 Å². The van der Waals surface area contributed by atoms with Gasteiger partial charge in [0, 0.05) is 22.6 Å². The number of amides is 2. The molecule has 3 N–H and O–H groups in total. The first-order valence-corrected chi connectivity index (χ1v) is 8.99. The van der Waals surface area contributed by atoms with E-state index in [2.05, 4.69) is 16.0 Å². The molecule has 0 aromatic heterocycles. The second kappa shape index (κ2) is 9.13. The molecule has 0 saturated carbocycles. The molecule has 0 aliphatic carbocycles. The molecule has 0 bridgehead atoms. The van der Waals surface area contributed by atoms with Gasteiger partial charge in [-0.05, 0) is 42.5 Å². The third kappa shape index (κ3) is 5.60. The number of nitrogens with one attached hydrogen (secondary N) is 3. The Bertz CT molecular complexity index is 1020. The Hall–Kier alpha value is -3.81. The molecule has 0 spiro atoms. The number of carbonyl (C=O) groups excluding carboxylic acids is 2. The summed E-state index contributed by atoms with van der Waals surface area (Å²) in [6, 6.07) is 20.1. The number of benzene rings is 3. The number of carbonyl (C=O) groups is 2. The molecular weight excluding hydrogens is 395 g/mol. The number of hydrogen-bond acceptors (Lipinski definition) is 3. The SMILES string of the molecule is O=C(CNc1ccc(NC(=O)c2ccccc2)cc1C(F)(F)F)Nc1ccccc1. The topological polar surface area (TPSA) is 70.2 Å². The molecular formula is C22H18F3N3O2. The van der Waals surface area contributed by atoms with E-state index < -0.39 is 23.6 Å². The lowest BCUT2D eigenvalue weighted by atomic mass is 10.1. The maximum Gasteiger partial charge on any atom is 0.418 e. The maximum absolute atomic E-state index is 13.5. The van der Waals surface area contributed by atoms with Gasteiger partial charge in [0.15, 0.2) is 0 Å². The Morgan fingerprint density at radius 2 is 1.40 bits per heavy atom. The van der Waals surface area contributed by atoms with Crippen LogP contribution in [0.3, 0.4) is 0 Å². The smallest absolute Gasteiger partial charge is 0.376 e. The van der Waals surface area contributed by atoms with Gasteiger partial charge in [0.2, 0.25) is 5.91 Å². The summed E-state index contributed by atoms with van der Waals surface area (Å²) in [5, 5.41) is 7.54. The first kappa shape index (κ1) is 20.9. The van der Waals surface area contributed by atoms with Crippen LogP contribution in [0.5, 0.6) is 0 Å². The van der Waals surface area contributed by atoms with E-state index in [9.17, 15) is 22.8 Å². The van der Waals surface area contributed by atoms with Crippen molar-refractivity contribution in [3.8, 4) is 0 Å². The van der Waals surface area contributed by atoms with Crippen molar-refractivity contribution < 1.29 is 22.8 Å². The van der Waals surface area contributed by atoms with Gasteiger partial charge >= 0.3 is 6.18 Å². The molecule has 3 aromatic carbocycles. The predicted molar refractivity (Wildman–Crippen MR) is 109 cm³/mol. The van der Waals surface area contributed by atoms with E-state index in [-0.39, 0.29) is 17.9 Å². The van der Waals surface area contributed by atoms with Crippen molar-refractivity contribution in [3.05, 3.63) is 90.0 Å². The van der Waals surface area contributed by atoms with Crippen LogP contribution in [0.25, 0.3) is 0 Å². The third-order valence-corrected chi connectivity index (χ3v) is 4.12.